The zero-order valence-electron chi connectivity index (χ0n) is 11.8. The highest BCUT2D eigenvalue weighted by Gasteiger charge is 2.29. The lowest BCUT2D eigenvalue weighted by Gasteiger charge is -2.37. The van der Waals surface area contributed by atoms with Crippen molar-refractivity contribution < 1.29 is 4.79 Å². The summed E-state index contributed by atoms with van der Waals surface area (Å²) < 4.78 is 0. The third-order valence-corrected chi connectivity index (χ3v) is 5.00. The van der Waals surface area contributed by atoms with E-state index >= 15 is 0 Å². The predicted molar refractivity (Wildman–Crippen MR) is 83.0 cm³/mol. The van der Waals surface area contributed by atoms with Gasteiger partial charge in [0.05, 0.1) is 0 Å². The van der Waals surface area contributed by atoms with E-state index in [1.165, 1.54) is 0 Å². The first kappa shape index (κ1) is 14.3. The molecule has 0 bridgehead atoms. The molecule has 0 radical (unpaired) electrons. The van der Waals surface area contributed by atoms with Crippen LogP contribution in [0.1, 0.15) is 31.1 Å². The van der Waals surface area contributed by atoms with Crippen LogP contribution in [0.4, 0.5) is 5.69 Å². The summed E-state index contributed by atoms with van der Waals surface area (Å²) in [6.07, 6.45) is 0. The second-order valence-corrected chi connectivity index (χ2v) is 6.41. The molecular weight excluding hydrogens is 256 g/mol. The largest absolute Gasteiger partial charge is 0.385 e. The van der Waals surface area contributed by atoms with Crippen molar-refractivity contribution in [3.05, 3.63) is 29.8 Å². The fraction of sp³-hybridized carbons (Fsp3) is 0.533. The summed E-state index contributed by atoms with van der Waals surface area (Å²) in [5.41, 5.74) is 1.85. The molecule has 2 rings (SSSR count). The molecular formula is C15H22N2OS. The first-order valence-corrected chi connectivity index (χ1v) is 7.95. The van der Waals surface area contributed by atoms with Crippen molar-refractivity contribution in [1.82, 2.24) is 4.90 Å². The number of amides is 1. The number of nitrogens with one attached hydrogen (secondary N) is 1. The maximum absolute atomic E-state index is 12.5. The van der Waals surface area contributed by atoms with E-state index in [2.05, 4.69) is 26.1 Å². The fourth-order valence-electron chi connectivity index (χ4n) is 2.32. The van der Waals surface area contributed by atoms with Gasteiger partial charge in [-0.15, -0.1) is 0 Å². The van der Waals surface area contributed by atoms with Gasteiger partial charge in [-0.1, -0.05) is 6.92 Å². The van der Waals surface area contributed by atoms with Crippen LogP contribution >= 0.6 is 11.8 Å². The molecule has 0 aromatic heterocycles. The van der Waals surface area contributed by atoms with E-state index in [9.17, 15) is 4.79 Å². The number of hydrogen-bond donors (Lipinski definition) is 1. The van der Waals surface area contributed by atoms with Crippen molar-refractivity contribution >= 4 is 23.4 Å². The Balaban J connectivity index is 2.10. The Morgan fingerprint density at radius 1 is 1.37 bits per heavy atom. The third-order valence-electron chi connectivity index (χ3n) is 3.66. The molecule has 0 aliphatic carbocycles. The SMILES string of the molecule is CCNc1ccc(C(=O)N2CCSC(C)C2C)cc1. The zero-order chi connectivity index (χ0) is 13.8. The van der Waals surface area contributed by atoms with Crippen LogP contribution in [-0.4, -0.2) is 40.9 Å². The van der Waals surface area contributed by atoms with Crippen molar-refractivity contribution in [3.8, 4) is 0 Å². The normalized spacial score (nSPS) is 23.2. The summed E-state index contributed by atoms with van der Waals surface area (Å²) in [5, 5.41) is 3.75. The van der Waals surface area contributed by atoms with Gasteiger partial charge >= 0.3 is 0 Å². The number of anilines is 1. The van der Waals surface area contributed by atoms with Crippen molar-refractivity contribution in [2.45, 2.75) is 32.1 Å². The fourth-order valence-corrected chi connectivity index (χ4v) is 3.42. The number of nitrogens with zero attached hydrogens (tertiary/aromatic N) is 1. The van der Waals surface area contributed by atoms with E-state index in [0.29, 0.717) is 11.3 Å². The Kier molecular flexibility index (Phi) is 4.75. The third kappa shape index (κ3) is 3.24. The highest BCUT2D eigenvalue weighted by Crippen LogP contribution is 2.25. The smallest absolute Gasteiger partial charge is 0.254 e. The van der Waals surface area contributed by atoms with Crippen molar-refractivity contribution in [1.29, 1.82) is 0 Å². The summed E-state index contributed by atoms with van der Waals surface area (Å²) in [6, 6.07) is 8.09. The standard InChI is InChI=1S/C15H22N2OS/c1-4-16-14-7-5-13(6-8-14)15(18)17-9-10-19-12(3)11(17)2/h5-8,11-12,16H,4,9-10H2,1-3H3. The highest BCUT2D eigenvalue weighted by atomic mass is 32.2. The van der Waals surface area contributed by atoms with Crippen LogP contribution in [0, 0.1) is 0 Å². The van der Waals surface area contributed by atoms with E-state index in [1.54, 1.807) is 0 Å². The number of benzene rings is 1. The van der Waals surface area contributed by atoms with Crippen molar-refractivity contribution in [2.24, 2.45) is 0 Å². The molecule has 1 heterocycles. The maximum atomic E-state index is 12.5. The molecule has 3 nitrogen and oxygen atoms in total. The second kappa shape index (κ2) is 6.33. The highest BCUT2D eigenvalue weighted by molar-refractivity contribution is 8.00. The minimum atomic E-state index is 0.155. The van der Waals surface area contributed by atoms with Crippen LogP contribution in [-0.2, 0) is 0 Å². The van der Waals surface area contributed by atoms with Gasteiger partial charge in [-0.2, -0.15) is 11.8 Å². The van der Waals surface area contributed by atoms with Gasteiger partial charge in [0.2, 0.25) is 0 Å². The van der Waals surface area contributed by atoms with Gasteiger partial charge in [-0.25, -0.2) is 0 Å². The van der Waals surface area contributed by atoms with Gasteiger partial charge in [0.15, 0.2) is 0 Å². The molecule has 2 unspecified atom stereocenters. The Bertz CT molecular complexity index is 432. The molecule has 1 saturated heterocycles. The monoisotopic (exact) mass is 278 g/mol. The number of carbonyl (C=O) groups excluding carboxylic acids is 1. The molecule has 0 spiro atoms. The predicted octanol–water partition coefficient (Wildman–Crippen LogP) is 3.08. The molecule has 2 atom stereocenters. The lowest BCUT2D eigenvalue weighted by molar-refractivity contribution is 0.0698. The van der Waals surface area contributed by atoms with Gasteiger partial charge in [-0.05, 0) is 38.1 Å². The number of thioether (sulfide) groups is 1. The second-order valence-electron chi connectivity index (χ2n) is 4.92. The first-order valence-electron chi connectivity index (χ1n) is 6.90. The Labute approximate surface area is 119 Å². The number of hydrogen-bond acceptors (Lipinski definition) is 3. The van der Waals surface area contributed by atoms with Crippen molar-refractivity contribution in [2.75, 3.05) is 24.2 Å². The summed E-state index contributed by atoms with van der Waals surface area (Å²) in [4.78, 5) is 14.5. The maximum Gasteiger partial charge on any atom is 0.254 e. The van der Waals surface area contributed by atoms with Gasteiger partial charge in [-0.3, -0.25) is 4.79 Å². The van der Waals surface area contributed by atoms with E-state index in [-0.39, 0.29) is 5.91 Å². The van der Waals surface area contributed by atoms with Crippen LogP contribution in [0.25, 0.3) is 0 Å². The van der Waals surface area contributed by atoms with Crippen LogP contribution < -0.4 is 5.32 Å². The average molecular weight is 278 g/mol. The molecule has 4 heteroatoms. The molecule has 1 fully saturated rings. The topological polar surface area (TPSA) is 32.3 Å². The average Bonchev–Trinajstić information content (AvgIpc) is 2.42. The van der Waals surface area contributed by atoms with Crippen molar-refractivity contribution in [3.63, 3.8) is 0 Å². The summed E-state index contributed by atoms with van der Waals surface area (Å²) in [6.45, 7) is 8.15. The zero-order valence-corrected chi connectivity index (χ0v) is 12.7. The van der Waals surface area contributed by atoms with Crippen LogP contribution in [0.2, 0.25) is 0 Å². The Morgan fingerprint density at radius 3 is 2.68 bits per heavy atom. The van der Waals surface area contributed by atoms with E-state index in [0.717, 1.165) is 30.1 Å². The summed E-state index contributed by atoms with van der Waals surface area (Å²) in [7, 11) is 0. The Hall–Kier alpha value is -1.16. The van der Waals surface area contributed by atoms with Crippen LogP contribution in [0.5, 0.6) is 0 Å². The van der Waals surface area contributed by atoms with Gasteiger partial charge in [0, 0.05) is 41.4 Å². The molecule has 1 aromatic rings. The molecule has 0 saturated carbocycles. The molecule has 1 aliphatic heterocycles. The molecule has 19 heavy (non-hydrogen) atoms. The van der Waals surface area contributed by atoms with E-state index in [4.69, 9.17) is 0 Å². The number of carbonyl (C=O) groups is 1. The van der Waals surface area contributed by atoms with Gasteiger partial charge < -0.3 is 10.2 Å². The molecule has 1 aliphatic rings. The molecule has 104 valence electrons. The molecule has 1 N–H and O–H groups in total. The van der Waals surface area contributed by atoms with E-state index < -0.39 is 0 Å². The van der Waals surface area contributed by atoms with Gasteiger partial charge in [0.1, 0.15) is 0 Å². The van der Waals surface area contributed by atoms with E-state index in [1.807, 2.05) is 40.9 Å². The summed E-state index contributed by atoms with van der Waals surface area (Å²) in [5.74, 6) is 1.19. The van der Waals surface area contributed by atoms with Gasteiger partial charge in [0.25, 0.3) is 5.91 Å². The summed E-state index contributed by atoms with van der Waals surface area (Å²) >= 11 is 1.95. The lowest BCUT2D eigenvalue weighted by Crippen LogP contribution is -2.47. The lowest BCUT2D eigenvalue weighted by atomic mass is 10.1. The van der Waals surface area contributed by atoms with Crippen LogP contribution in [0.15, 0.2) is 24.3 Å². The minimum absolute atomic E-state index is 0.155. The quantitative estimate of drug-likeness (QED) is 0.922. The Morgan fingerprint density at radius 2 is 2.05 bits per heavy atom. The minimum Gasteiger partial charge on any atom is -0.385 e. The molecule has 1 aromatic carbocycles. The molecule has 1 amide bonds. The van der Waals surface area contributed by atoms with Crippen LogP contribution in [0.3, 0.4) is 0 Å². The number of rotatable bonds is 3. The first-order chi connectivity index (χ1) is 9.13.